The standard InChI is InChI=1S/C16H22FNO2S/c17-12-4-5-14(18)15(10-12)21(19)11-13-6-9-16(20-13)7-2-1-3-8-16/h4-5,10,13H,1-3,6-9,11,18H2. The summed E-state index contributed by atoms with van der Waals surface area (Å²) in [6, 6.07) is 4.04. The third-order valence-corrected chi connectivity index (χ3v) is 6.18. The molecule has 1 saturated carbocycles. The van der Waals surface area contributed by atoms with Crippen LogP contribution in [0.2, 0.25) is 0 Å². The minimum Gasteiger partial charge on any atom is -0.398 e. The second-order valence-corrected chi connectivity index (χ2v) is 7.68. The van der Waals surface area contributed by atoms with E-state index in [1.165, 1.54) is 37.5 Å². The van der Waals surface area contributed by atoms with Crippen LogP contribution in [0.4, 0.5) is 10.1 Å². The van der Waals surface area contributed by atoms with Crippen molar-refractivity contribution >= 4 is 16.5 Å². The third-order valence-electron chi connectivity index (χ3n) is 4.66. The molecule has 5 heteroatoms. The number of nitrogen functional groups attached to an aromatic ring is 1. The van der Waals surface area contributed by atoms with Gasteiger partial charge in [0.25, 0.3) is 0 Å². The van der Waals surface area contributed by atoms with Crippen molar-refractivity contribution < 1.29 is 13.3 Å². The second kappa shape index (κ2) is 6.05. The van der Waals surface area contributed by atoms with Crippen LogP contribution < -0.4 is 5.73 Å². The van der Waals surface area contributed by atoms with Crippen LogP contribution in [-0.4, -0.2) is 21.7 Å². The third kappa shape index (κ3) is 3.29. The molecule has 3 rings (SSSR count). The lowest BCUT2D eigenvalue weighted by Gasteiger charge is -2.33. The fraction of sp³-hybridized carbons (Fsp3) is 0.625. The van der Waals surface area contributed by atoms with Gasteiger partial charge in [0.1, 0.15) is 5.82 Å². The smallest absolute Gasteiger partial charge is 0.124 e. The SMILES string of the molecule is Nc1ccc(F)cc1S(=O)CC1CCC2(CCCCC2)O1. The molecule has 1 heterocycles. The molecule has 1 aliphatic heterocycles. The van der Waals surface area contributed by atoms with Crippen molar-refractivity contribution in [1.82, 2.24) is 0 Å². The molecule has 1 aromatic carbocycles. The van der Waals surface area contributed by atoms with E-state index in [1.807, 2.05) is 0 Å². The number of ether oxygens (including phenoxy) is 1. The van der Waals surface area contributed by atoms with Gasteiger partial charge in [-0.05, 0) is 43.9 Å². The van der Waals surface area contributed by atoms with Gasteiger partial charge in [-0.25, -0.2) is 4.39 Å². The summed E-state index contributed by atoms with van der Waals surface area (Å²) in [4.78, 5) is 0.392. The van der Waals surface area contributed by atoms with Gasteiger partial charge in [0, 0.05) is 5.69 Å². The summed E-state index contributed by atoms with van der Waals surface area (Å²) in [5.74, 6) is 0.0127. The second-order valence-electron chi connectivity index (χ2n) is 6.22. The molecule has 2 N–H and O–H groups in total. The van der Waals surface area contributed by atoms with Crippen molar-refractivity contribution in [2.75, 3.05) is 11.5 Å². The number of hydrogen-bond acceptors (Lipinski definition) is 3. The molecule has 116 valence electrons. The summed E-state index contributed by atoms with van der Waals surface area (Å²) in [5, 5.41) is 0. The lowest BCUT2D eigenvalue weighted by molar-refractivity contribution is -0.0557. The summed E-state index contributed by atoms with van der Waals surface area (Å²) in [6.07, 6.45) is 8.01. The molecule has 0 radical (unpaired) electrons. The predicted molar refractivity (Wildman–Crippen MR) is 82.0 cm³/mol. The molecule has 2 aliphatic rings. The van der Waals surface area contributed by atoms with Crippen LogP contribution in [0.5, 0.6) is 0 Å². The van der Waals surface area contributed by atoms with E-state index in [2.05, 4.69) is 0 Å². The molecule has 2 fully saturated rings. The molecule has 0 aromatic heterocycles. The Morgan fingerprint density at radius 2 is 2.05 bits per heavy atom. The van der Waals surface area contributed by atoms with Gasteiger partial charge in [-0.15, -0.1) is 0 Å². The average Bonchev–Trinajstić information content (AvgIpc) is 2.84. The number of halogens is 1. The van der Waals surface area contributed by atoms with Gasteiger partial charge in [0.2, 0.25) is 0 Å². The van der Waals surface area contributed by atoms with Gasteiger partial charge in [-0.3, -0.25) is 4.21 Å². The van der Waals surface area contributed by atoms with Crippen LogP contribution in [0.1, 0.15) is 44.9 Å². The zero-order valence-corrected chi connectivity index (χ0v) is 13.0. The summed E-state index contributed by atoms with van der Waals surface area (Å²) in [7, 11) is -1.31. The predicted octanol–water partition coefficient (Wildman–Crippen LogP) is 3.40. The molecular weight excluding hydrogens is 289 g/mol. The van der Waals surface area contributed by atoms with E-state index in [0.717, 1.165) is 25.7 Å². The molecule has 1 aliphatic carbocycles. The average molecular weight is 311 g/mol. The highest BCUT2D eigenvalue weighted by molar-refractivity contribution is 7.85. The van der Waals surface area contributed by atoms with Crippen LogP contribution in [0, 0.1) is 5.82 Å². The van der Waals surface area contributed by atoms with E-state index in [4.69, 9.17) is 10.5 Å². The summed E-state index contributed by atoms with van der Waals surface area (Å²) in [5.41, 5.74) is 6.22. The van der Waals surface area contributed by atoms with Gasteiger partial charge in [-0.2, -0.15) is 0 Å². The lowest BCUT2D eigenvalue weighted by atomic mass is 9.83. The van der Waals surface area contributed by atoms with Gasteiger partial charge in [0.05, 0.1) is 33.2 Å². The molecular formula is C16H22FNO2S. The number of hydrogen-bond donors (Lipinski definition) is 1. The summed E-state index contributed by atoms with van der Waals surface area (Å²) < 4.78 is 31.9. The Hall–Kier alpha value is -0.940. The fourth-order valence-corrected chi connectivity index (χ4v) is 4.87. The molecule has 2 atom stereocenters. The Morgan fingerprint density at radius 3 is 2.81 bits per heavy atom. The van der Waals surface area contributed by atoms with E-state index in [1.54, 1.807) is 0 Å². The van der Waals surface area contributed by atoms with Crippen molar-refractivity contribution in [2.45, 2.75) is 61.5 Å². The first-order valence-corrected chi connectivity index (χ1v) is 9.01. The number of anilines is 1. The van der Waals surface area contributed by atoms with E-state index in [-0.39, 0.29) is 11.7 Å². The Kier molecular flexibility index (Phi) is 4.31. The number of benzene rings is 1. The van der Waals surface area contributed by atoms with Crippen LogP contribution in [0.3, 0.4) is 0 Å². The first kappa shape index (κ1) is 15.0. The maximum atomic E-state index is 13.3. The minimum absolute atomic E-state index is 0.00611. The minimum atomic E-state index is -1.31. The van der Waals surface area contributed by atoms with Crippen molar-refractivity contribution in [2.24, 2.45) is 0 Å². The van der Waals surface area contributed by atoms with Crippen molar-refractivity contribution in [3.05, 3.63) is 24.0 Å². The van der Waals surface area contributed by atoms with E-state index in [0.29, 0.717) is 16.3 Å². The Bertz CT molecular complexity index is 543. The molecule has 1 aromatic rings. The molecule has 1 saturated heterocycles. The van der Waals surface area contributed by atoms with Crippen LogP contribution in [-0.2, 0) is 15.5 Å². The van der Waals surface area contributed by atoms with Crippen LogP contribution in [0.25, 0.3) is 0 Å². The van der Waals surface area contributed by atoms with Crippen molar-refractivity contribution in [3.8, 4) is 0 Å². The first-order valence-electron chi connectivity index (χ1n) is 7.69. The van der Waals surface area contributed by atoms with Crippen LogP contribution in [0.15, 0.2) is 23.1 Å². The van der Waals surface area contributed by atoms with E-state index >= 15 is 0 Å². The highest BCUT2D eigenvalue weighted by atomic mass is 32.2. The molecule has 3 nitrogen and oxygen atoms in total. The molecule has 1 spiro atoms. The lowest BCUT2D eigenvalue weighted by Crippen LogP contribution is -2.32. The molecule has 21 heavy (non-hydrogen) atoms. The maximum absolute atomic E-state index is 13.3. The highest BCUT2D eigenvalue weighted by Crippen LogP contribution is 2.42. The monoisotopic (exact) mass is 311 g/mol. The Labute approximate surface area is 127 Å². The van der Waals surface area contributed by atoms with Gasteiger partial charge >= 0.3 is 0 Å². The van der Waals surface area contributed by atoms with Gasteiger partial charge in [0.15, 0.2) is 0 Å². The maximum Gasteiger partial charge on any atom is 0.124 e. The zero-order chi connectivity index (χ0) is 14.9. The van der Waals surface area contributed by atoms with E-state index < -0.39 is 16.6 Å². The largest absolute Gasteiger partial charge is 0.398 e. The summed E-state index contributed by atoms with van der Waals surface area (Å²) >= 11 is 0. The highest BCUT2D eigenvalue weighted by Gasteiger charge is 2.41. The van der Waals surface area contributed by atoms with Gasteiger partial charge < -0.3 is 10.5 Å². The quantitative estimate of drug-likeness (QED) is 0.871. The molecule has 0 bridgehead atoms. The molecule has 0 amide bonds. The number of rotatable bonds is 3. The number of nitrogens with two attached hydrogens (primary N) is 1. The topological polar surface area (TPSA) is 52.3 Å². The van der Waals surface area contributed by atoms with E-state index in [9.17, 15) is 8.60 Å². The zero-order valence-electron chi connectivity index (χ0n) is 12.1. The molecule has 2 unspecified atom stereocenters. The first-order chi connectivity index (χ1) is 10.1. The Balaban J connectivity index is 1.64. The van der Waals surface area contributed by atoms with Gasteiger partial charge in [-0.1, -0.05) is 19.3 Å². The summed E-state index contributed by atoms with van der Waals surface area (Å²) in [6.45, 7) is 0. The Morgan fingerprint density at radius 1 is 1.29 bits per heavy atom. The van der Waals surface area contributed by atoms with Crippen molar-refractivity contribution in [3.63, 3.8) is 0 Å². The van der Waals surface area contributed by atoms with Crippen molar-refractivity contribution in [1.29, 1.82) is 0 Å². The normalized spacial score (nSPS) is 26.0. The fourth-order valence-electron chi connectivity index (χ4n) is 3.54. The van der Waals surface area contributed by atoms with Crippen LogP contribution >= 0.6 is 0 Å².